The Morgan fingerprint density at radius 2 is 1.92 bits per heavy atom. The lowest BCUT2D eigenvalue weighted by atomic mass is 9.92. The van der Waals surface area contributed by atoms with Gasteiger partial charge in [0.25, 0.3) is 0 Å². The summed E-state index contributed by atoms with van der Waals surface area (Å²) in [6.07, 6.45) is 2.63. The van der Waals surface area contributed by atoms with E-state index in [4.69, 9.17) is 5.11 Å². The predicted octanol–water partition coefficient (Wildman–Crippen LogP) is 2.70. The Bertz CT molecular complexity index is 176. The van der Waals surface area contributed by atoms with E-state index in [0.29, 0.717) is 6.42 Å². The van der Waals surface area contributed by atoms with Gasteiger partial charge in [-0.15, -0.1) is 0 Å². The molecule has 0 aromatic rings. The van der Waals surface area contributed by atoms with Crippen molar-refractivity contribution in [2.45, 2.75) is 34.1 Å². The Morgan fingerprint density at radius 3 is 2.17 bits per heavy atom. The fraction of sp³-hybridized carbons (Fsp3) is 0.700. The van der Waals surface area contributed by atoms with Gasteiger partial charge in [0.2, 0.25) is 0 Å². The average molecular weight is 170 g/mol. The zero-order valence-electron chi connectivity index (χ0n) is 8.29. The molecule has 0 rings (SSSR count). The van der Waals surface area contributed by atoms with Gasteiger partial charge in [-0.1, -0.05) is 25.5 Å². The second-order valence-electron chi connectivity index (χ2n) is 3.71. The van der Waals surface area contributed by atoms with Gasteiger partial charge in [0, 0.05) is 0 Å². The quantitative estimate of drug-likeness (QED) is 0.659. The first-order valence-electron chi connectivity index (χ1n) is 4.31. The van der Waals surface area contributed by atoms with Gasteiger partial charge >= 0.3 is 5.97 Å². The number of rotatable bonds is 4. The van der Waals surface area contributed by atoms with E-state index >= 15 is 0 Å². The Labute approximate surface area is 74.3 Å². The minimum atomic E-state index is -0.692. The molecule has 0 bridgehead atoms. The highest BCUT2D eigenvalue weighted by Gasteiger charge is 2.19. The second-order valence-corrected chi connectivity index (χ2v) is 3.71. The molecule has 0 aromatic heterocycles. The largest absolute Gasteiger partial charge is 0.481 e. The zero-order valence-corrected chi connectivity index (χ0v) is 8.29. The molecule has 0 saturated heterocycles. The SMILES string of the molecule is CC(C)=CC[C@@H](C(=O)O)C(C)C. The zero-order chi connectivity index (χ0) is 9.72. The highest BCUT2D eigenvalue weighted by Crippen LogP contribution is 2.16. The summed E-state index contributed by atoms with van der Waals surface area (Å²) < 4.78 is 0. The Hall–Kier alpha value is -0.790. The van der Waals surface area contributed by atoms with E-state index in [1.165, 1.54) is 5.57 Å². The van der Waals surface area contributed by atoms with Crippen LogP contribution in [0.15, 0.2) is 11.6 Å². The number of allylic oxidation sites excluding steroid dienone is 2. The lowest BCUT2D eigenvalue weighted by Crippen LogP contribution is -2.18. The smallest absolute Gasteiger partial charge is 0.307 e. The molecule has 2 nitrogen and oxygen atoms in total. The Morgan fingerprint density at radius 1 is 1.42 bits per heavy atom. The second kappa shape index (κ2) is 4.96. The Kier molecular flexibility index (Phi) is 4.64. The molecule has 0 spiro atoms. The first kappa shape index (κ1) is 11.2. The summed E-state index contributed by atoms with van der Waals surface area (Å²) in [4.78, 5) is 10.7. The molecule has 0 heterocycles. The normalized spacial score (nSPS) is 12.8. The fourth-order valence-corrected chi connectivity index (χ4v) is 1.02. The third-order valence-corrected chi connectivity index (χ3v) is 1.90. The van der Waals surface area contributed by atoms with E-state index in [9.17, 15) is 4.79 Å². The van der Waals surface area contributed by atoms with Crippen LogP contribution >= 0.6 is 0 Å². The van der Waals surface area contributed by atoms with Crippen LogP contribution in [0.2, 0.25) is 0 Å². The van der Waals surface area contributed by atoms with E-state index in [0.717, 1.165) is 0 Å². The van der Waals surface area contributed by atoms with Gasteiger partial charge in [-0.2, -0.15) is 0 Å². The van der Waals surface area contributed by atoms with Gasteiger partial charge in [-0.25, -0.2) is 0 Å². The molecular formula is C10H18O2. The van der Waals surface area contributed by atoms with Crippen LogP contribution in [0.5, 0.6) is 0 Å². The van der Waals surface area contributed by atoms with E-state index in [2.05, 4.69) is 0 Å². The van der Waals surface area contributed by atoms with Crippen molar-refractivity contribution in [1.82, 2.24) is 0 Å². The van der Waals surface area contributed by atoms with E-state index in [-0.39, 0.29) is 11.8 Å². The first-order chi connectivity index (χ1) is 5.45. The van der Waals surface area contributed by atoms with Crippen LogP contribution in [-0.4, -0.2) is 11.1 Å². The maximum absolute atomic E-state index is 10.7. The molecule has 1 N–H and O–H groups in total. The fourth-order valence-electron chi connectivity index (χ4n) is 1.02. The molecule has 0 unspecified atom stereocenters. The van der Waals surface area contributed by atoms with Crippen LogP contribution in [0.1, 0.15) is 34.1 Å². The molecule has 0 saturated carbocycles. The van der Waals surface area contributed by atoms with Crippen LogP contribution in [0.25, 0.3) is 0 Å². The maximum Gasteiger partial charge on any atom is 0.307 e. The molecule has 0 aliphatic carbocycles. The highest BCUT2D eigenvalue weighted by atomic mass is 16.4. The maximum atomic E-state index is 10.7. The minimum absolute atomic E-state index is 0.207. The predicted molar refractivity (Wildman–Crippen MR) is 50.0 cm³/mol. The van der Waals surface area contributed by atoms with Gasteiger partial charge in [-0.3, -0.25) is 4.79 Å². The monoisotopic (exact) mass is 170 g/mol. The van der Waals surface area contributed by atoms with Gasteiger partial charge in [0.1, 0.15) is 0 Å². The summed E-state index contributed by atoms with van der Waals surface area (Å²) in [7, 11) is 0. The summed E-state index contributed by atoms with van der Waals surface area (Å²) in [5.74, 6) is -0.722. The first-order valence-corrected chi connectivity index (χ1v) is 4.31. The highest BCUT2D eigenvalue weighted by molar-refractivity contribution is 5.70. The van der Waals surface area contributed by atoms with Gasteiger partial charge in [0.15, 0.2) is 0 Å². The molecule has 0 amide bonds. The number of carboxylic acid groups (broad SMARTS) is 1. The van der Waals surface area contributed by atoms with Crippen molar-refractivity contribution in [2.24, 2.45) is 11.8 Å². The average Bonchev–Trinajstić information content (AvgIpc) is 1.84. The van der Waals surface area contributed by atoms with Crippen molar-refractivity contribution in [3.8, 4) is 0 Å². The van der Waals surface area contributed by atoms with Crippen molar-refractivity contribution in [1.29, 1.82) is 0 Å². The number of aliphatic carboxylic acids is 1. The van der Waals surface area contributed by atoms with E-state index in [1.54, 1.807) is 0 Å². The van der Waals surface area contributed by atoms with Crippen molar-refractivity contribution in [3.63, 3.8) is 0 Å². The van der Waals surface area contributed by atoms with Gasteiger partial charge in [0.05, 0.1) is 5.92 Å². The molecule has 12 heavy (non-hydrogen) atoms. The van der Waals surface area contributed by atoms with Crippen LogP contribution in [0, 0.1) is 11.8 Å². The number of carboxylic acids is 1. The molecule has 70 valence electrons. The van der Waals surface area contributed by atoms with E-state index in [1.807, 2.05) is 33.8 Å². The topological polar surface area (TPSA) is 37.3 Å². The molecule has 0 aliphatic heterocycles. The molecule has 0 aliphatic rings. The third kappa shape index (κ3) is 4.16. The molecule has 0 aromatic carbocycles. The van der Waals surface area contributed by atoms with Gasteiger partial charge in [-0.05, 0) is 26.2 Å². The molecule has 0 fully saturated rings. The summed E-state index contributed by atoms with van der Waals surface area (Å²) in [5, 5.41) is 8.83. The minimum Gasteiger partial charge on any atom is -0.481 e. The van der Waals surface area contributed by atoms with Crippen LogP contribution in [0.4, 0.5) is 0 Å². The molecule has 0 radical (unpaired) electrons. The van der Waals surface area contributed by atoms with Crippen LogP contribution < -0.4 is 0 Å². The third-order valence-electron chi connectivity index (χ3n) is 1.90. The summed E-state index contributed by atoms with van der Waals surface area (Å²) >= 11 is 0. The summed E-state index contributed by atoms with van der Waals surface area (Å²) in [6, 6.07) is 0. The Balaban J connectivity index is 4.15. The number of hydrogen-bond acceptors (Lipinski definition) is 1. The van der Waals surface area contributed by atoms with Gasteiger partial charge < -0.3 is 5.11 Å². The van der Waals surface area contributed by atoms with E-state index < -0.39 is 5.97 Å². The van der Waals surface area contributed by atoms with Crippen molar-refractivity contribution in [3.05, 3.63) is 11.6 Å². The standard InChI is InChI=1S/C10H18O2/c1-7(2)5-6-9(8(3)4)10(11)12/h5,8-9H,6H2,1-4H3,(H,11,12)/t9-/m1/s1. The van der Waals surface area contributed by atoms with Crippen molar-refractivity contribution < 1.29 is 9.90 Å². The molecule has 1 atom stereocenters. The van der Waals surface area contributed by atoms with Crippen molar-refractivity contribution >= 4 is 5.97 Å². The number of carbonyl (C=O) groups is 1. The lowest BCUT2D eigenvalue weighted by Gasteiger charge is -2.13. The van der Waals surface area contributed by atoms with Crippen molar-refractivity contribution in [2.75, 3.05) is 0 Å². The molecule has 2 heteroatoms. The van der Waals surface area contributed by atoms with Crippen LogP contribution in [0.3, 0.4) is 0 Å². The van der Waals surface area contributed by atoms with Crippen LogP contribution in [-0.2, 0) is 4.79 Å². The number of hydrogen-bond donors (Lipinski definition) is 1. The summed E-state index contributed by atoms with van der Waals surface area (Å²) in [6.45, 7) is 7.85. The molecular weight excluding hydrogens is 152 g/mol. The lowest BCUT2D eigenvalue weighted by molar-refractivity contribution is -0.143. The summed E-state index contributed by atoms with van der Waals surface area (Å²) in [5.41, 5.74) is 1.18.